The molecule has 1 amide bonds. The zero-order valence-corrected chi connectivity index (χ0v) is 11.8. The molecule has 1 aliphatic heterocycles. The van der Waals surface area contributed by atoms with Gasteiger partial charge in [0.25, 0.3) is 0 Å². The highest BCUT2D eigenvalue weighted by atomic mass is 16.2. The summed E-state index contributed by atoms with van der Waals surface area (Å²) >= 11 is 0. The standard InChI is InChI=1S/C14H22N4O/c1-11-12(2)17-13(10-16-11)15-7-6-14(19)18-8-4-3-5-9-18/h10H,3-9H2,1-2H3,(H,15,17). The van der Waals surface area contributed by atoms with Crippen molar-refractivity contribution in [1.29, 1.82) is 0 Å². The van der Waals surface area contributed by atoms with Crippen LogP contribution in [0.2, 0.25) is 0 Å². The maximum atomic E-state index is 12.0. The van der Waals surface area contributed by atoms with Gasteiger partial charge in [-0.25, -0.2) is 4.98 Å². The largest absolute Gasteiger partial charge is 0.368 e. The van der Waals surface area contributed by atoms with Gasteiger partial charge in [-0.15, -0.1) is 0 Å². The normalized spacial score (nSPS) is 15.4. The van der Waals surface area contributed by atoms with Crippen LogP contribution in [0.15, 0.2) is 6.20 Å². The van der Waals surface area contributed by atoms with Gasteiger partial charge in [0.1, 0.15) is 5.82 Å². The number of anilines is 1. The van der Waals surface area contributed by atoms with E-state index in [2.05, 4.69) is 15.3 Å². The molecule has 1 aromatic heterocycles. The quantitative estimate of drug-likeness (QED) is 0.900. The number of piperidine rings is 1. The number of carbonyl (C=O) groups excluding carboxylic acids is 1. The molecule has 1 N–H and O–H groups in total. The Labute approximate surface area is 114 Å². The molecule has 0 aromatic carbocycles. The van der Waals surface area contributed by atoms with Crippen molar-refractivity contribution >= 4 is 11.7 Å². The minimum absolute atomic E-state index is 0.240. The van der Waals surface area contributed by atoms with Crippen LogP contribution < -0.4 is 5.32 Å². The number of nitrogens with zero attached hydrogens (tertiary/aromatic N) is 3. The second-order valence-electron chi connectivity index (χ2n) is 5.04. The molecule has 0 bridgehead atoms. The van der Waals surface area contributed by atoms with Gasteiger partial charge in [-0.3, -0.25) is 9.78 Å². The van der Waals surface area contributed by atoms with E-state index in [9.17, 15) is 4.79 Å². The molecule has 19 heavy (non-hydrogen) atoms. The third kappa shape index (κ3) is 3.91. The van der Waals surface area contributed by atoms with E-state index in [1.807, 2.05) is 18.7 Å². The van der Waals surface area contributed by atoms with Crippen LogP contribution in [0.4, 0.5) is 5.82 Å². The highest BCUT2D eigenvalue weighted by molar-refractivity contribution is 5.76. The van der Waals surface area contributed by atoms with Crippen molar-refractivity contribution in [2.45, 2.75) is 39.5 Å². The average molecular weight is 262 g/mol. The van der Waals surface area contributed by atoms with E-state index in [1.165, 1.54) is 6.42 Å². The molecule has 2 heterocycles. The fraction of sp³-hybridized carbons (Fsp3) is 0.643. The Morgan fingerprint density at radius 1 is 1.26 bits per heavy atom. The molecule has 0 atom stereocenters. The molecule has 2 rings (SSSR count). The summed E-state index contributed by atoms with van der Waals surface area (Å²) in [6.45, 7) is 6.33. The maximum Gasteiger partial charge on any atom is 0.224 e. The second-order valence-corrected chi connectivity index (χ2v) is 5.04. The molecule has 5 heteroatoms. The molecule has 1 fully saturated rings. The van der Waals surface area contributed by atoms with Gasteiger partial charge in [0.15, 0.2) is 0 Å². The molecule has 0 spiro atoms. The first kappa shape index (κ1) is 13.8. The van der Waals surface area contributed by atoms with E-state index in [-0.39, 0.29) is 5.91 Å². The number of aromatic nitrogens is 2. The zero-order chi connectivity index (χ0) is 13.7. The van der Waals surface area contributed by atoms with Gasteiger partial charge in [0, 0.05) is 26.1 Å². The monoisotopic (exact) mass is 262 g/mol. The fourth-order valence-electron chi connectivity index (χ4n) is 2.23. The van der Waals surface area contributed by atoms with Crippen LogP contribution in [0.25, 0.3) is 0 Å². The number of likely N-dealkylation sites (tertiary alicyclic amines) is 1. The zero-order valence-electron chi connectivity index (χ0n) is 11.8. The first-order valence-corrected chi connectivity index (χ1v) is 6.98. The SMILES string of the molecule is Cc1ncc(NCCC(=O)N2CCCCC2)nc1C. The van der Waals surface area contributed by atoms with E-state index in [4.69, 9.17) is 0 Å². The van der Waals surface area contributed by atoms with Crippen molar-refractivity contribution < 1.29 is 4.79 Å². The lowest BCUT2D eigenvalue weighted by molar-refractivity contribution is -0.131. The Balaban J connectivity index is 1.76. The molecular formula is C14H22N4O. The predicted octanol–water partition coefficient (Wildman–Crippen LogP) is 1.91. The number of hydrogen-bond acceptors (Lipinski definition) is 4. The van der Waals surface area contributed by atoms with Crippen LogP contribution in [0, 0.1) is 13.8 Å². The first-order valence-electron chi connectivity index (χ1n) is 6.98. The summed E-state index contributed by atoms with van der Waals surface area (Å²) in [4.78, 5) is 22.6. The number of amides is 1. The van der Waals surface area contributed by atoms with Crippen molar-refractivity contribution in [2.75, 3.05) is 25.0 Å². The van der Waals surface area contributed by atoms with Gasteiger partial charge >= 0.3 is 0 Å². The van der Waals surface area contributed by atoms with Crippen LogP contribution in [-0.2, 0) is 4.79 Å². The van der Waals surface area contributed by atoms with E-state index >= 15 is 0 Å². The van der Waals surface area contributed by atoms with E-state index in [1.54, 1.807) is 6.20 Å². The van der Waals surface area contributed by atoms with Gasteiger partial charge in [0.05, 0.1) is 17.6 Å². The fourth-order valence-corrected chi connectivity index (χ4v) is 2.23. The molecule has 1 aliphatic rings. The molecule has 1 saturated heterocycles. The Hall–Kier alpha value is -1.65. The van der Waals surface area contributed by atoms with Crippen LogP contribution >= 0.6 is 0 Å². The molecule has 0 radical (unpaired) electrons. The summed E-state index contributed by atoms with van der Waals surface area (Å²) in [5.41, 5.74) is 1.86. The first-order chi connectivity index (χ1) is 9.16. The van der Waals surface area contributed by atoms with E-state index < -0.39 is 0 Å². The van der Waals surface area contributed by atoms with Gasteiger partial charge in [-0.2, -0.15) is 0 Å². The Kier molecular flexibility index (Phi) is 4.71. The predicted molar refractivity (Wildman–Crippen MR) is 75.0 cm³/mol. The van der Waals surface area contributed by atoms with E-state index in [0.29, 0.717) is 13.0 Å². The third-order valence-electron chi connectivity index (χ3n) is 3.55. The average Bonchev–Trinajstić information content (AvgIpc) is 2.43. The van der Waals surface area contributed by atoms with Crippen molar-refractivity contribution in [3.63, 3.8) is 0 Å². The number of carbonyl (C=O) groups is 1. The van der Waals surface area contributed by atoms with Gasteiger partial charge in [0.2, 0.25) is 5.91 Å². The number of aryl methyl sites for hydroxylation is 2. The summed E-state index contributed by atoms with van der Waals surface area (Å²) in [6, 6.07) is 0. The van der Waals surface area contributed by atoms with Crippen molar-refractivity contribution in [3.8, 4) is 0 Å². The molecule has 104 valence electrons. The lowest BCUT2D eigenvalue weighted by Crippen LogP contribution is -2.36. The van der Waals surface area contributed by atoms with Crippen molar-refractivity contribution in [3.05, 3.63) is 17.6 Å². The minimum atomic E-state index is 0.240. The summed E-state index contributed by atoms with van der Waals surface area (Å²) in [5, 5.41) is 3.16. The molecule has 0 saturated carbocycles. The molecule has 0 unspecified atom stereocenters. The third-order valence-corrected chi connectivity index (χ3v) is 3.55. The summed E-state index contributed by atoms with van der Waals surface area (Å²) in [6.07, 6.45) is 5.77. The van der Waals surface area contributed by atoms with Crippen molar-refractivity contribution in [2.24, 2.45) is 0 Å². The summed E-state index contributed by atoms with van der Waals surface area (Å²) < 4.78 is 0. The van der Waals surface area contributed by atoms with Crippen LogP contribution in [0.3, 0.4) is 0 Å². The molecule has 1 aromatic rings. The number of rotatable bonds is 4. The van der Waals surface area contributed by atoms with E-state index in [0.717, 1.165) is 43.1 Å². The summed E-state index contributed by atoms with van der Waals surface area (Å²) in [5.74, 6) is 0.985. The lowest BCUT2D eigenvalue weighted by Gasteiger charge is -2.26. The number of hydrogen-bond donors (Lipinski definition) is 1. The van der Waals surface area contributed by atoms with Crippen LogP contribution in [-0.4, -0.2) is 40.4 Å². The topological polar surface area (TPSA) is 58.1 Å². The number of nitrogens with one attached hydrogen (secondary N) is 1. The van der Waals surface area contributed by atoms with Gasteiger partial charge in [-0.05, 0) is 33.1 Å². The Bertz CT molecular complexity index is 441. The minimum Gasteiger partial charge on any atom is -0.368 e. The maximum absolute atomic E-state index is 12.0. The lowest BCUT2D eigenvalue weighted by atomic mass is 10.1. The smallest absolute Gasteiger partial charge is 0.224 e. The van der Waals surface area contributed by atoms with Gasteiger partial charge in [-0.1, -0.05) is 0 Å². The van der Waals surface area contributed by atoms with Crippen molar-refractivity contribution in [1.82, 2.24) is 14.9 Å². The van der Waals surface area contributed by atoms with Crippen LogP contribution in [0.1, 0.15) is 37.1 Å². The van der Waals surface area contributed by atoms with Crippen LogP contribution in [0.5, 0.6) is 0 Å². The Morgan fingerprint density at radius 3 is 2.68 bits per heavy atom. The molecule has 5 nitrogen and oxygen atoms in total. The molecular weight excluding hydrogens is 240 g/mol. The highest BCUT2D eigenvalue weighted by Gasteiger charge is 2.15. The summed E-state index contributed by atoms with van der Waals surface area (Å²) in [7, 11) is 0. The Morgan fingerprint density at radius 2 is 2.00 bits per heavy atom. The highest BCUT2D eigenvalue weighted by Crippen LogP contribution is 2.10. The van der Waals surface area contributed by atoms with Gasteiger partial charge < -0.3 is 10.2 Å². The second kappa shape index (κ2) is 6.50. The molecule has 0 aliphatic carbocycles.